The van der Waals surface area contributed by atoms with Crippen molar-refractivity contribution in [3.8, 4) is 5.75 Å². The van der Waals surface area contributed by atoms with E-state index in [1.165, 1.54) is 10.8 Å². The molecule has 3 nitrogen and oxygen atoms in total. The lowest BCUT2D eigenvalue weighted by Crippen LogP contribution is -1.77. The molecule has 0 unspecified atom stereocenters. The summed E-state index contributed by atoms with van der Waals surface area (Å²) in [6, 6.07) is 9.58. The number of aromatic amines is 2. The summed E-state index contributed by atoms with van der Waals surface area (Å²) >= 11 is 0. The van der Waals surface area contributed by atoms with Crippen molar-refractivity contribution in [2.24, 2.45) is 0 Å². The highest BCUT2D eigenvalue weighted by Gasteiger charge is 2.11. The molecule has 2 heterocycles. The first kappa shape index (κ1) is 8.70. The number of phenols is 1. The lowest BCUT2D eigenvalue weighted by molar-refractivity contribution is 0.476. The van der Waals surface area contributed by atoms with E-state index in [-0.39, 0.29) is 0 Å². The van der Waals surface area contributed by atoms with Gasteiger partial charge in [-0.25, -0.2) is 0 Å². The van der Waals surface area contributed by atoms with Crippen LogP contribution >= 0.6 is 0 Å². The first-order valence-electron chi connectivity index (χ1n) is 5.53. The second-order valence-corrected chi connectivity index (χ2v) is 4.27. The van der Waals surface area contributed by atoms with Crippen LogP contribution in [0.25, 0.3) is 32.6 Å². The lowest BCUT2D eigenvalue weighted by Gasteiger charge is -1.97. The fraction of sp³-hybridized carbons (Fsp3) is 0. The quantitative estimate of drug-likeness (QED) is 0.419. The maximum absolute atomic E-state index is 9.61. The van der Waals surface area contributed by atoms with Crippen molar-refractivity contribution in [3.05, 3.63) is 42.7 Å². The smallest absolute Gasteiger partial charge is 0.116 e. The van der Waals surface area contributed by atoms with E-state index in [1.807, 2.05) is 18.5 Å². The first-order chi connectivity index (χ1) is 8.34. The number of aromatic nitrogens is 2. The van der Waals surface area contributed by atoms with Crippen LogP contribution in [-0.4, -0.2) is 15.1 Å². The Morgan fingerprint density at radius 2 is 1.53 bits per heavy atom. The summed E-state index contributed by atoms with van der Waals surface area (Å²) in [6.07, 6.45) is 3.88. The highest BCUT2D eigenvalue weighted by atomic mass is 16.3. The van der Waals surface area contributed by atoms with E-state index >= 15 is 0 Å². The molecule has 2 aromatic heterocycles. The minimum Gasteiger partial charge on any atom is -0.508 e. The normalized spacial score (nSPS) is 11.8. The number of fused-ring (bicyclic) bond motifs is 3. The van der Waals surface area contributed by atoms with Gasteiger partial charge in [0.15, 0.2) is 0 Å². The second kappa shape index (κ2) is 2.83. The molecule has 4 aromatic rings. The number of phenolic OH excluding ortho intramolecular Hbond substituents is 1. The predicted octanol–water partition coefficient (Wildman–Crippen LogP) is 3.51. The van der Waals surface area contributed by atoms with Crippen molar-refractivity contribution in [2.45, 2.75) is 0 Å². The monoisotopic (exact) mass is 222 g/mol. The Bertz CT molecular complexity index is 849. The van der Waals surface area contributed by atoms with Crippen LogP contribution in [0.5, 0.6) is 5.75 Å². The third-order valence-corrected chi connectivity index (χ3v) is 3.31. The summed E-state index contributed by atoms with van der Waals surface area (Å²) in [5.74, 6) is 0.293. The molecule has 3 N–H and O–H groups in total. The molecule has 0 bridgehead atoms. The molecule has 0 spiro atoms. The van der Waals surface area contributed by atoms with Gasteiger partial charge in [0.25, 0.3) is 0 Å². The molecule has 0 amide bonds. The summed E-state index contributed by atoms with van der Waals surface area (Å²) in [6.45, 7) is 0. The molecule has 0 radical (unpaired) electrons. The zero-order valence-electron chi connectivity index (χ0n) is 8.99. The van der Waals surface area contributed by atoms with Crippen LogP contribution in [0.1, 0.15) is 0 Å². The van der Waals surface area contributed by atoms with Gasteiger partial charge in [0.05, 0.1) is 11.0 Å². The Kier molecular flexibility index (Phi) is 1.45. The maximum Gasteiger partial charge on any atom is 0.116 e. The van der Waals surface area contributed by atoms with E-state index in [0.29, 0.717) is 5.75 Å². The molecule has 0 aliphatic carbocycles. The average Bonchev–Trinajstić information content (AvgIpc) is 2.67. The van der Waals surface area contributed by atoms with Gasteiger partial charge >= 0.3 is 0 Å². The van der Waals surface area contributed by atoms with Gasteiger partial charge in [0, 0.05) is 28.6 Å². The number of aromatic hydroxyl groups is 1. The van der Waals surface area contributed by atoms with Gasteiger partial charge < -0.3 is 15.1 Å². The van der Waals surface area contributed by atoms with Crippen LogP contribution in [-0.2, 0) is 0 Å². The topological polar surface area (TPSA) is 51.8 Å². The molecule has 82 valence electrons. The SMILES string of the molecule is Oc1ccc2c(c1)c1[nH]ccc3cc[nH]c2c31. The number of benzene rings is 1. The molecule has 3 heteroatoms. The van der Waals surface area contributed by atoms with Gasteiger partial charge in [-0.05, 0) is 35.7 Å². The van der Waals surface area contributed by atoms with Crippen molar-refractivity contribution in [1.29, 1.82) is 0 Å². The zero-order valence-corrected chi connectivity index (χ0v) is 8.99. The van der Waals surface area contributed by atoms with E-state index in [9.17, 15) is 5.11 Å². The van der Waals surface area contributed by atoms with Crippen LogP contribution < -0.4 is 0 Å². The number of hydrogen-bond acceptors (Lipinski definition) is 1. The average molecular weight is 222 g/mol. The minimum absolute atomic E-state index is 0.293. The summed E-state index contributed by atoms with van der Waals surface area (Å²) in [5.41, 5.74) is 2.18. The number of rotatable bonds is 0. The highest BCUT2D eigenvalue weighted by Crippen LogP contribution is 2.36. The molecule has 0 saturated carbocycles. The van der Waals surface area contributed by atoms with E-state index in [1.54, 1.807) is 12.1 Å². The molecular formula is C14H10N2O. The molecule has 4 rings (SSSR count). The van der Waals surface area contributed by atoms with Crippen LogP contribution in [0.3, 0.4) is 0 Å². The molecule has 17 heavy (non-hydrogen) atoms. The van der Waals surface area contributed by atoms with Crippen molar-refractivity contribution >= 4 is 32.6 Å². The summed E-state index contributed by atoms with van der Waals surface area (Å²) in [7, 11) is 0. The standard InChI is InChI=1S/C14H10N2O/c17-9-1-2-10-11(7-9)14-12-8(4-6-16-14)3-5-15-13(10)12/h1-7,15-17H. The Balaban J connectivity index is 2.45. The van der Waals surface area contributed by atoms with Gasteiger partial charge in [0.1, 0.15) is 5.75 Å². The summed E-state index contributed by atoms with van der Waals surface area (Å²) in [4.78, 5) is 6.55. The Morgan fingerprint density at radius 1 is 0.824 bits per heavy atom. The molecule has 0 fully saturated rings. The molecule has 0 aliphatic rings. The van der Waals surface area contributed by atoms with E-state index < -0.39 is 0 Å². The van der Waals surface area contributed by atoms with Crippen molar-refractivity contribution in [2.75, 3.05) is 0 Å². The number of H-pyrrole nitrogens is 2. The third kappa shape index (κ3) is 1.00. The Morgan fingerprint density at radius 3 is 2.29 bits per heavy atom. The van der Waals surface area contributed by atoms with Gasteiger partial charge in [0.2, 0.25) is 0 Å². The number of nitrogens with one attached hydrogen (secondary N) is 2. The Labute approximate surface area is 96.7 Å². The van der Waals surface area contributed by atoms with Gasteiger partial charge in [-0.15, -0.1) is 0 Å². The van der Waals surface area contributed by atoms with Crippen LogP contribution in [0.2, 0.25) is 0 Å². The van der Waals surface area contributed by atoms with Crippen LogP contribution in [0, 0.1) is 0 Å². The predicted molar refractivity (Wildman–Crippen MR) is 69.3 cm³/mol. The summed E-state index contributed by atoms with van der Waals surface area (Å²) in [5, 5.41) is 14.2. The maximum atomic E-state index is 9.61. The largest absolute Gasteiger partial charge is 0.508 e. The fourth-order valence-corrected chi connectivity index (χ4v) is 2.59. The number of hydrogen-bond donors (Lipinski definition) is 3. The zero-order chi connectivity index (χ0) is 11.4. The van der Waals surface area contributed by atoms with E-state index in [2.05, 4.69) is 22.1 Å². The van der Waals surface area contributed by atoms with E-state index in [0.717, 1.165) is 21.8 Å². The van der Waals surface area contributed by atoms with Crippen LogP contribution in [0.15, 0.2) is 42.7 Å². The Hall–Kier alpha value is -2.42. The molecular weight excluding hydrogens is 212 g/mol. The summed E-state index contributed by atoms with van der Waals surface area (Å²) < 4.78 is 0. The number of pyridine rings is 2. The van der Waals surface area contributed by atoms with Crippen molar-refractivity contribution in [3.63, 3.8) is 0 Å². The molecule has 2 aromatic carbocycles. The van der Waals surface area contributed by atoms with Gasteiger partial charge in [-0.3, -0.25) is 0 Å². The van der Waals surface area contributed by atoms with Crippen molar-refractivity contribution < 1.29 is 5.11 Å². The lowest BCUT2D eigenvalue weighted by atomic mass is 10.2. The molecule has 0 saturated heterocycles. The second-order valence-electron chi connectivity index (χ2n) is 4.27. The molecule has 0 atom stereocenters. The molecule has 0 aliphatic heterocycles. The highest BCUT2D eigenvalue weighted by molar-refractivity contribution is 6.27. The van der Waals surface area contributed by atoms with Gasteiger partial charge in [-0.2, -0.15) is 0 Å². The van der Waals surface area contributed by atoms with Gasteiger partial charge in [-0.1, -0.05) is 0 Å². The van der Waals surface area contributed by atoms with E-state index in [4.69, 9.17) is 0 Å². The first-order valence-corrected chi connectivity index (χ1v) is 5.53. The van der Waals surface area contributed by atoms with Crippen LogP contribution in [0.4, 0.5) is 0 Å². The third-order valence-electron chi connectivity index (χ3n) is 3.31. The van der Waals surface area contributed by atoms with Crippen molar-refractivity contribution in [1.82, 2.24) is 9.97 Å². The fourth-order valence-electron chi connectivity index (χ4n) is 2.59. The minimum atomic E-state index is 0.293.